The maximum absolute atomic E-state index is 14.0. The van der Waals surface area contributed by atoms with Crippen LogP contribution in [-0.2, 0) is 30.5 Å². The van der Waals surface area contributed by atoms with E-state index in [0.29, 0.717) is 63.1 Å². The first kappa shape index (κ1) is 29.9. The SMILES string of the molecule is CCN(CC)c1ccc(N=C2C=C3Cc4cccc(c4O)Cc4cccc(c4O)Cc4cccc(c4O)CC(=C2)C3=O)c(C)c1. The third-order valence-corrected chi connectivity index (χ3v) is 8.92. The molecule has 45 heavy (non-hydrogen) atoms. The topological polar surface area (TPSA) is 93.4 Å². The fraction of sp³-hybridized carbons (Fsp3) is 0.231. The summed E-state index contributed by atoms with van der Waals surface area (Å²) < 4.78 is 0. The number of para-hydroxylation sites is 3. The summed E-state index contributed by atoms with van der Waals surface area (Å²) in [5, 5.41) is 33.9. The quantitative estimate of drug-likeness (QED) is 0.212. The number of phenolic OH excluding ortho intramolecular Hbond substituents is 3. The third-order valence-electron chi connectivity index (χ3n) is 8.92. The van der Waals surface area contributed by atoms with Gasteiger partial charge in [0.1, 0.15) is 17.2 Å². The summed E-state index contributed by atoms with van der Waals surface area (Å²) in [6, 6.07) is 22.9. The molecule has 6 heteroatoms. The van der Waals surface area contributed by atoms with E-state index in [1.54, 1.807) is 0 Å². The van der Waals surface area contributed by atoms with Crippen molar-refractivity contribution >= 4 is 22.9 Å². The van der Waals surface area contributed by atoms with Gasteiger partial charge in [-0.25, -0.2) is 4.99 Å². The fourth-order valence-electron chi connectivity index (χ4n) is 6.36. The molecule has 0 saturated carbocycles. The van der Waals surface area contributed by atoms with Crippen molar-refractivity contribution in [2.75, 3.05) is 18.0 Å². The molecule has 0 atom stereocenters. The summed E-state index contributed by atoms with van der Waals surface area (Å²) in [6.07, 6.45) is 4.69. The Morgan fingerprint density at radius 1 is 0.644 bits per heavy atom. The molecule has 0 unspecified atom stereocenters. The molecule has 2 aliphatic carbocycles. The van der Waals surface area contributed by atoms with E-state index >= 15 is 0 Å². The van der Waals surface area contributed by atoms with Crippen molar-refractivity contribution in [1.29, 1.82) is 0 Å². The van der Waals surface area contributed by atoms with E-state index in [1.807, 2.05) is 79.7 Å². The minimum atomic E-state index is -0.132. The normalized spacial score (nSPS) is 14.5. The highest BCUT2D eigenvalue weighted by molar-refractivity contribution is 6.22. The average molecular weight is 599 g/mol. The van der Waals surface area contributed by atoms with Gasteiger partial charge in [-0.15, -0.1) is 0 Å². The van der Waals surface area contributed by atoms with Crippen LogP contribution in [-0.4, -0.2) is 39.9 Å². The first-order valence-corrected chi connectivity index (χ1v) is 15.5. The first-order valence-electron chi connectivity index (χ1n) is 15.5. The van der Waals surface area contributed by atoms with Crippen LogP contribution in [0.1, 0.15) is 52.8 Å². The number of aromatic hydroxyl groups is 3. The third kappa shape index (κ3) is 6.01. The Balaban J connectivity index is 1.49. The zero-order valence-corrected chi connectivity index (χ0v) is 26.0. The van der Waals surface area contributed by atoms with Gasteiger partial charge in [0.25, 0.3) is 0 Å². The van der Waals surface area contributed by atoms with Gasteiger partial charge in [0, 0.05) is 55.6 Å². The summed E-state index contributed by atoms with van der Waals surface area (Å²) in [5.74, 6) is 0.247. The predicted octanol–water partition coefficient (Wildman–Crippen LogP) is 7.45. The molecule has 0 spiro atoms. The molecule has 4 aromatic rings. The largest absolute Gasteiger partial charge is 0.507 e. The Bertz CT molecular complexity index is 1800. The van der Waals surface area contributed by atoms with E-state index < -0.39 is 0 Å². The van der Waals surface area contributed by atoms with E-state index in [2.05, 4.69) is 30.9 Å². The van der Waals surface area contributed by atoms with E-state index in [9.17, 15) is 20.1 Å². The van der Waals surface area contributed by atoms with Crippen LogP contribution in [0, 0.1) is 6.92 Å². The highest BCUT2D eigenvalue weighted by Crippen LogP contribution is 2.36. The molecule has 0 amide bonds. The highest BCUT2D eigenvalue weighted by Gasteiger charge is 2.25. The van der Waals surface area contributed by atoms with Crippen LogP contribution < -0.4 is 4.90 Å². The molecule has 4 aromatic carbocycles. The number of benzene rings is 4. The lowest BCUT2D eigenvalue weighted by Gasteiger charge is -2.22. The Labute approximate surface area is 264 Å². The lowest BCUT2D eigenvalue weighted by molar-refractivity contribution is -0.112. The summed E-state index contributed by atoms with van der Waals surface area (Å²) in [5.41, 5.74) is 8.60. The lowest BCUT2D eigenvalue weighted by Crippen LogP contribution is -2.21. The average Bonchev–Trinajstić information content (AvgIpc) is 3.02. The van der Waals surface area contributed by atoms with Crippen LogP contribution >= 0.6 is 0 Å². The van der Waals surface area contributed by atoms with Gasteiger partial charge in [-0.05, 0) is 90.1 Å². The van der Waals surface area contributed by atoms with E-state index in [4.69, 9.17) is 4.99 Å². The molecule has 228 valence electrons. The van der Waals surface area contributed by atoms with Gasteiger partial charge in [0.05, 0.1) is 11.4 Å². The van der Waals surface area contributed by atoms with E-state index in [0.717, 1.165) is 30.0 Å². The van der Waals surface area contributed by atoms with Crippen molar-refractivity contribution < 1.29 is 20.1 Å². The fourth-order valence-corrected chi connectivity index (χ4v) is 6.36. The number of anilines is 1. The van der Waals surface area contributed by atoms with Crippen LogP contribution in [0.25, 0.3) is 0 Å². The molecular formula is C39H38N2O4. The number of hydrogen-bond acceptors (Lipinski definition) is 6. The standard InChI is InChI=1S/C39H38N2O4/c1-4-41(5-2)34-15-16-35(24(3)17-34)40-33-22-31-20-29-13-7-11-27(37(29)43)18-25-9-6-10-26(36(25)42)19-28-12-8-14-30(38(28)44)21-32(23-33)39(31)45/h6-17,22-23,42-44H,4-5,18-21H2,1-3H3. The number of phenols is 3. The predicted molar refractivity (Wildman–Crippen MR) is 180 cm³/mol. The number of rotatable bonds is 4. The van der Waals surface area contributed by atoms with Crippen molar-refractivity contribution in [1.82, 2.24) is 0 Å². The molecule has 0 saturated heterocycles. The first-order chi connectivity index (χ1) is 21.7. The minimum Gasteiger partial charge on any atom is -0.507 e. The number of nitrogens with zero attached hydrogens (tertiary/aromatic N) is 2. The van der Waals surface area contributed by atoms with E-state index in [1.165, 1.54) is 0 Å². The van der Waals surface area contributed by atoms with Crippen molar-refractivity contribution in [2.45, 2.75) is 46.5 Å². The van der Waals surface area contributed by atoms with Crippen LogP contribution in [0.4, 0.5) is 11.4 Å². The summed E-state index contributed by atoms with van der Waals surface area (Å²) in [4.78, 5) is 21.2. The van der Waals surface area contributed by atoms with Crippen molar-refractivity contribution in [2.24, 2.45) is 4.99 Å². The number of fused-ring (bicyclic) bond motifs is 8. The number of Topliss-reactive ketones (excluding diaryl/α,β-unsaturated/α-hetero) is 1. The van der Waals surface area contributed by atoms with Gasteiger partial charge >= 0.3 is 0 Å². The van der Waals surface area contributed by atoms with Gasteiger partial charge in [0.15, 0.2) is 5.78 Å². The number of aliphatic imine (C=N–C) groups is 1. The maximum atomic E-state index is 14.0. The molecule has 0 fully saturated rings. The zero-order valence-electron chi connectivity index (χ0n) is 26.0. The van der Waals surface area contributed by atoms with Crippen molar-refractivity contribution in [3.8, 4) is 17.2 Å². The Morgan fingerprint density at radius 3 is 1.47 bits per heavy atom. The van der Waals surface area contributed by atoms with Gasteiger partial charge in [-0.3, -0.25) is 4.79 Å². The van der Waals surface area contributed by atoms with Gasteiger partial charge in [-0.1, -0.05) is 54.6 Å². The number of carbonyl (C=O) groups excluding carboxylic acids is 1. The van der Waals surface area contributed by atoms with E-state index in [-0.39, 0.29) is 35.9 Å². The second-order valence-corrected chi connectivity index (χ2v) is 11.8. The summed E-state index contributed by atoms with van der Waals surface area (Å²) >= 11 is 0. The zero-order chi connectivity index (χ0) is 31.7. The molecule has 8 bridgehead atoms. The second-order valence-electron chi connectivity index (χ2n) is 11.8. The number of aryl methyl sites for hydroxylation is 1. The molecule has 2 aliphatic rings. The molecule has 0 radical (unpaired) electrons. The molecule has 3 N–H and O–H groups in total. The molecule has 0 aliphatic heterocycles. The smallest absolute Gasteiger partial charge is 0.185 e. The highest BCUT2D eigenvalue weighted by atomic mass is 16.3. The summed E-state index contributed by atoms with van der Waals surface area (Å²) in [7, 11) is 0. The molecular weight excluding hydrogens is 560 g/mol. The molecule has 6 nitrogen and oxygen atoms in total. The van der Waals surface area contributed by atoms with Crippen LogP contribution in [0.3, 0.4) is 0 Å². The monoisotopic (exact) mass is 598 g/mol. The van der Waals surface area contributed by atoms with Crippen LogP contribution in [0.15, 0.2) is 101 Å². The number of allylic oxidation sites excluding steroid dienone is 4. The van der Waals surface area contributed by atoms with Crippen molar-refractivity contribution in [3.63, 3.8) is 0 Å². The Kier molecular flexibility index (Phi) is 8.31. The maximum Gasteiger partial charge on any atom is 0.185 e. The van der Waals surface area contributed by atoms with Crippen LogP contribution in [0.2, 0.25) is 0 Å². The Morgan fingerprint density at radius 2 is 1.07 bits per heavy atom. The Hall–Kier alpha value is -5.10. The van der Waals surface area contributed by atoms with Crippen LogP contribution in [0.5, 0.6) is 17.2 Å². The molecule has 6 rings (SSSR count). The molecule has 0 heterocycles. The van der Waals surface area contributed by atoms with Gasteiger partial charge in [0.2, 0.25) is 0 Å². The summed E-state index contributed by atoms with van der Waals surface area (Å²) in [6.45, 7) is 8.15. The lowest BCUT2D eigenvalue weighted by atomic mass is 9.86. The number of carbonyl (C=O) groups is 1. The van der Waals surface area contributed by atoms with Gasteiger partial charge < -0.3 is 20.2 Å². The minimum absolute atomic E-state index is 0.114. The molecule has 0 aromatic heterocycles. The van der Waals surface area contributed by atoms with Crippen molar-refractivity contribution in [3.05, 3.63) is 135 Å². The number of hydrogen-bond donors (Lipinski definition) is 3. The van der Waals surface area contributed by atoms with Gasteiger partial charge in [-0.2, -0.15) is 0 Å². The number of ketones is 1. The second kappa shape index (κ2) is 12.5.